The van der Waals surface area contributed by atoms with E-state index in [0.717, 1.165) is 29.0 Å². The summed E-state index contributed by atoms with van der Waals surface area (Å²) in [6.45, 7) is 3.77. The molecule has 1 aliphatic heterocycles. The summed E-state index contributed by atoms with van der Waals surface area (Å²) >= 11 is 0. The number of nitrogens with one attached hydrogen (secondary N) is 1. The predicted molar refractivity (Wildman–Crippen MR) is 112 cm³/mol. The van der Waals surface area contributed by atoms with Gasteiger partial charge < -0.3 is 14.8 Å². The molecule has 4 rings (SSSR count). The molecule has 8 heteroatoms. The molecule has 0 spiro atoms. The number of rotatable bonds is 5. The van der Waals surface area contributed by atoms with E-state index in [-0.39, 0.29) is 17.4 Å². The van der Waals surface area contributed by atoms with Gasteiger partial charge in [0.15, 0.2) is 0 Å². The number of imidazole rings is 1. The Morgan fingerprint density at radius 1 is 1.13 bits per heavy atom. The summed E-state index contributed by atoms with van der Waals surface area (Å²) in [7, 11) is 0. The lowest BCUT2D eigenvalue weighted by atomic mass is 9.95. The van der Waals surface area contributed by atoms with Gasteiger partial charge in [0, 0.05) is 38.2 Å². The number of hydrogen-bond donors (Lipinski definition) is 1. The molecule has 1 aromatic heterocycles. The van der Waals surface area contributed by atoms with Crippen LogP contribution in [0.2, 0.25) is 0 Å². The Labute approximate surface area is 178 Å². The van der Waals surface area contributed by atoms with E-state index in [1.54, 1.807) is 0 Å². The van der Waals surface area contributed by atoms with Crippen molar-refractivity contribution in [3.05, 3.63) is 65.5 Å². The van der Waals surface area contributed by atoms with Crippen LogP contribution in [0.4, 0.5) is 8.78 Å². The summed E-state index contributed by atoms with van der Waals surface area (Å²) in [4.78, 5) is 31.1. The number of para-hydroxylation sites is 2. The summed E-state index contributed by atoms with van der Waals surface area (Å²) in [5, 5.41) is 2.98. The number of amides is 2. The molecule has 0 aliphatic carbocycles. The van der Waals surface area contributed by atoms with Crippen LogP contribution in [0.5, 0.6) is 0 Å². The van der Waals surface area contributed by atoms with Crippen LogP contribution in [-0.2, 0) is 11.3 Å². The number of hydrogen-bond acceptors (Lipinski definition) is 3. The fraction of sp³-hybridized carbons (Fsp3) is 0.348. The van der Waals surface area contributed by atoms with Gasteiger partial charge in [0.1, 0.15) is 17.5 Å². The van der Waals surface area contributed by atoms with Crippen LogP contribution in [0.15, 0.2) is 42.5 Å². The molecule has 1 saturated heterocycles. The highest BCUT2D eigenvalue weighted by Gasteiger charge is 2.28. The number of carbonyl (C=O) groups excluding carboxylic acids is 2. The molecule has 31 heavy (non-hydrogen) atoms. The van der Waals surface area contributed by atoms with Gasteiger partial charge in [-0.2, -0.15) is 0 Å². The Kier molecular flexibility index (Phi) is 5.97. The van der Waals surface area contributed by atoms with E-state index in [1.165, 1.54) is 4.90 Å². The highest BCUT2D eigenvalue weighted by Crippen LogP contribution is 2.21. The lowest BCUT2D eigenvalue weighted by Gasteiger charge is -2.31. The molecule has 0 radical (unpaired) electrons. The molecule has 1 N–H and O–H groups in total. The van der Waals surface area contributed by atoms with Crippen LogP contribution in [0.25, 0.3) is 11.0 Å². The zero-order valence-corrected chi connectivity index (χ0v) is 17.3. The fourth-order valence-electron chi connectivity index (χ4n) is 4.09. The van der Waals surface area contributed by atoms with Crippen LogP contribution in [0.3, 0.4) is 0 Å². The summed E-state index contributed by atoms with van der Waals surface area (Å²) in [5.74, 6) is -1.39. The fourth-order valence-corrected chi connectivity index (χ4v) is 4.09. The van der Waals surface area contributed by atoms with Crippen molar-refractivity contribution in [1.29, 1.82) is 0 Å². The van der Waals surface area contributed by atoms with Crippen LogP contribution in [0, 0.1) is 24.5 Å². The lowest BCUT2D eigenvalue weighted by molar-refractivity contribution is -0.126. The number of nitrogens with zero attached hydrogens (tertiary/aromatic N) is 3. The third-order valence-electron chi connectivity index (χ3n) is 5.79. The van der Waals surface area contributed by atoms with Crippen molar-refractivity contribution >= 4 is 22.8 Å². The average molecular weight is 426 g/mol. The lowest BCUT2D eigenvalue weighted by Crippen LogP contribution is -2.43. The van der Waals surface area contributed by atoms with E-state index in [4.69, 9.17) is 0 Å². The average Bonchev–Trinajstić information content (AvgIpc) is 3.08. The molecule has 0 unspecified atom stereocenters. The Morgan fingerprint density at radius 2 is 1.87 bits per heavy atom. The number of benzene rings is 2. The largest absolute Gasteiger partial charge is 0.354 e. The number of carbonyl (C=O) groups is 2. The minimum Gasteiger partial charge on any atom is -0.354 e. The Balaban J connectivity index is 1.28. The maximum atomic E-state index is 13.9. The minimum atomic E-state index is -0.868. The number of likely N-dealkylation sites (tertiary alicyclic amines) is 1. The van der Waals surface area contributed by atoms with Gasteiger partial charge in [-0.15, -0.1) is 0 Å². The van der Waals surface area contributed by atoms with Crippen molar-refractivity contribution in [2.24, 2.45) is 5.92 Å². The zero-order chi connectivity index (χ0) is 22.0. The van der Waals surface area contributed by atoms with E-state index < -0.39 is 17.5 Å². The van der Waals surface area contributed by atoms with Crippen molar-refractivity contribution in [2.75, 3.05) is 19.6 Å². The van der Waals surface area contributed by atoms with Crippen LogP contribution in [0.1, 0.15) is 29.0 Å². The number of fused-ring (bicyclic) bond motifs is 1. The molecule has 2 aromatic carbocycles. The van der Waals surface area contributed by atoms with Crippen LogP contribution < -0.4 is 5.32 Å². The molecule has 2 heterocycles. The van der Waals surface area contributed by atoms with Gasteiger partial charge >= 0.3 is 0 Å². The molecule has 1 aliphatic rings. The standard InChI is InChI=1S/C23H24F2N4O2/c1-15-27-20-4-2-3-5-21(20)29(15)13-10-26-22(30)16-8-11-28(12-9-16)23(31)18-7-6-17(24)14-19(18)25/h2-7,14,16H,8-13H2,1H3,(H,26,30). The monoisotopic (exact) mass is 426 g/mol. The topological polar surface area (TPSA) is 67.2 Å². The summed E-state index contributed by atoms with van der Waals surface area (Å²) in [6, 6.07) is 10.8. The highest BCUT2D eigenvalue weighted by atomic mass is 19.1. The van der Waals surface area contributed by atoms with E-state index in [0.29, 0.717) is 45.1 Å². The Morgan fingerprint density at radius 3 is 2.61 bits per heavy atom. The van der Waals surface area contributed by atoms with Gasteiger partial charge in [-0.05, 0) is 44.0 Å². The molecule has 1 fully saturated rings. The van der Waals surface area contributed by atoms with Crippen molar-refractivity contribution in [1.82, 2.24) is 19.8 Å². The highest BCUT2D eigenvalue weighted by molar-refractivity contribution is 5.94. The van der Waals surface area contributed by atoms with Crippen molar-refractivity contribution < 1.29 is 18.4 Å². The molecule has 2 amide bonds. The van der Waals surface area contributed by atoms with Crippen LogP contribution >= 0.6 is 0 Å². The normalized spacial score (nSPS) is 14.7. The van der Waals surface area contributed by atoms with Gasteiger partial charge in [0.05, 0.1) is 16.6 Å². The molecule has 162 valence electrons. The van der Waals surface area contributed by atoms with Gasteiger partial charge in [-0.1, -0.05) is 12.1 Å². The number of piperidine rings is 1. The maximum Gasteiger partial charge on any atom is 0.256 e. The molecular formula is C23H24F2N4O2. The molecule has 0 atom stereocenters. The van der Waals surface area contributed by atoms with Gasteiger partial charge in [-0.3, -0.25) is 9.59 Å². The van der Waals surface area contributed by atoms with E-state index in [9.17, 15) is 18.4 Å². The first-order chi connectivity index (χ1) is 14.9. The first-order valence-electron chi connectivity index (χ1n) is 10.4. The SMILES string of the molecule is Cc1nc2ccccc2n1CCNC(=O)C1CCN(C(=O)c2ccc(F)cc2F)CC1. The minimum absolute atomic E-state index is 0.0397. The molecule has 3 aromatic rings. The summed E-state index contributed by atoms with van der Waals surface area (Å²) in [6.07, 6.45) is 1.01. The first kappa shape index (κ1) is 21.0. The van der Waals surface area contributed by atoms with E-state index >= 15 is 0 Å². The number of aryl methyl sites for hydroxylation is 1. The van der Waals surface area contributed by atoms with E-state index in [2.05, 4.69) is 14.9 Å². The summed E-state index contributed by atoms with van der Waals surface area (Å²) < 4.78 is 29.0. The molecular weight excluding hydrogens is 402 g/mol. The second-order valence-electron chi connectivity index (χ2n) is 7.78. The third kappa shape index (κ3) is 4.42. The second-order valence-corrected chi connectivity index (χ2v) is 7.78. The van der Waals surface area contributed by atoms with Crippen molar-refractivity contribution in [2.45, 2.75) is 26.3 Å². The van der Waals surface area contributed by atoms with E-state index in [1.807, 2.05) is 31.2 Å². The first-order valence-corrected chi connectivity index (χ1v) is 10.4. The second kappa shape index (κ2) is 8.83. The zero-order valence-electron chi connectivity index (χ0n) is 17.3. The van der Waals surface area contributed by atoms with Crippen molar-refractivity contribution in [3.63, 3.8) is 0 Å². The number of aromatic nitrogens is 2. The Hall–Kier alpha value is -3.29. The Bertz CT molecular complexity index is 1120. The maximum absolute atomic E-state index is 13.9. The molecule has 6 nitrogen and oxygen atoms in total. The molecule has 0 saturated carbocycles. The van der Waals surface area contributed by atoms with Crippen molar-refractivity contribution in [3.8, 4) is 0 Å². The predicted octanol–water partition coefficient (Wildman–Crippen LogP) is 3.29. The molecule has 0 bridgehead atoms. The number of halogens is 2. The van der Waals surface area contributed by atoms with Crippen LogP contribution in [-0.4, -0.2) is 45.9 Å². The van der Waals surface area contributed by atoms with Gasteiger partial charge in [0.25, 0.3) is 5.91 Å². The quantitative estimate of drug-likeness (QED) is 0.681. The van der Waals surface area contributed by atoms with Gasteiger partial charge in [-0.25, -0.2) is 13.8 Å². The smallest absolute Gasteiger partial charge is 0.256 e. The summed E-state index contributed by atoms with van der Waals surface area (Å²) in [5.41, 5.74) is 1.82. The van der Waals surface area contributed by atoms with Gasteiger partial charge in [0.2, 0.25) is 5.91 Å². The third-order valence-corrected chi connectivity index (χ3v) is 5.79.